The van der Waals surface area contributed by atoms with Crippen LogP contribution in [-0.4, -0.2) is 25.5 Å². The van der Waals surface area contributed by atoms with Crippen LogP contribution in [0.5, 0.6) is 0 Å². The molecule has 146 valence electrons. The van der Waals surface area contributed by atoms with Crippen LogP contribution in [0.1, 0.15) is 40.5 Å². The molecule has 0 atom stereocenters. The second-order valence-electron chi connectivity index (χ2n) is 7.05. The van der Waals surface area contributed by atoms with Crippen LogP contribution in [0.15, 0.2) is 67.0 Å². The zero-order valence-corrected chi connectivity index (χ0v) is 16.5. The first-order valence-corrected chi connectivity index (χ1v) is 9.68. The van der Waals surface area contributed by atoms with Gasteiger partial charge in [-0.25, -0.2) is 9.50 Å². The first kappa shape index (κ1) is 18.8. The first-order chi connectivity index (χ1) is 14.1. The summed E-state index contributed by atoms with van der Waals surface area (Å²) in [7, 11) is 0. The van der Waals surface area contributed by atoms with Crippen LogP contribution in [0.4, 0.5) is 0 Å². The molecule has 0 fully saturated rings. The molecule has 29 heavy (non-hydrogen) atoms. The smallest absolute Gasteiger partial charge is 0.252 e. The van der Waals surface area contributed by atoms with Gasteiger partial charge in [0, 0.05) is 17.8 Å². The Balaban J connectivity index is 1.52. The fraction of sp³-hybridized carbons (Fsp3) is 0.217. The number of nitrogens with zero attached hydrogens (tertiary/aromatic N) is 4. The van der Waals surface area contributed by atoms with E-state index < -0.39 is 0 Å². The van der Waals surface area contributed by atoms with Gasteiger partial charge < -0.3 is 5.32 Å². The minimum atomic E-state index is -0.178. The summed E-state index contributed by atoms with van der Waals surface area (Å²) < 4.78 is 1.72. The van der Waals surface area contributed by atoms with Gasteiger partial charge in [-0.3, -0.25) is 4.79 Å². The molecule has 4 rings (SSSR count). The van der Waals surface area contributed by atoms with Gasteiger partial charge in [-0.2, -0.15) is 10.1 Å². The van der Waals surface area contributed by atoms with Gasteiger partial charge in [-0.15, -0.1) is 0 Å². The number of carbonyl (C=O) groups is 1. The molecule has 0 radical (unpaired) electrons. The lowest BCUT2D eigenvalue weighted by Crippen LogP contribution is -2.29. The van der Waals surface area contributed by atoms with Crippen molar-refractivity contribution < 1.29 is 4.79 Å². The molecular weight excluding hydrogens is 362 g/mol. The highest BCUT2D eigenvalue weighted by Gasteiger charge is 2.18. The van der Waals surface area contributed by atoms with E-state index in [1.54, 1.807) is 4.52 Å². The Morgan fingerprint density at radius 3 is 2.24 bits per heavy atom. The summed E-state index contributed by atoms with van der Waals surface area (Å²) in [6.45, 7) is 3.94. The number of hydrogen-bond acceptors (Lipinski definition) is 4. The molecule has 2 heterocycles. The number of rotatable bonds is 6. The maximum absolute atomic E-state index is 12.8. The van der Waals surface area contributed by atoms with Crippen molar-refractivity contribution in [3.05, 3.63) is 95.1 Å². The van der Waals surface area contributed by atoms with Gasteiger partial charge in [0.05, 0.1) is 6.04 Å². The Labute approximate surface area is 169 Å². The van der Waals surface area contributed by atoms with E-state index in [2.05, 4.69) is 20.4 Å². The summed E-state index contributed by atoms with van der Waals surface area (Å²) in [6.07, 6.45) is 2.47. The summed E-state index contributed by atoms with van der Waals surface area (Å²) in [5, 5.41) is 7.41. The van der Waals surface area contributed by atoms with E-state index in [0.29, 0.717) is 18.6 Å². The van der Waals surface area contributed by atoms with Crippen molar-refractivity contribution in [2.75, 3.05) is 0 Å². The minimum absolute atomic E-state index is 0.000179. The molecular formula is C23H23N5O. The van der Waals surface area contributed by atoms with E-state index in [4.69, 9.17) is 0 Å². The Kier molecular flexibility index (Phi) is 5.33. The molecule has 2 aromatic heterocycles. The third-order valence-electron chi connectivity index (χ3n) is 5.16. The highest BCUT2D eigenvalue weighted by atomic mass is 16.1. The molecule has 1 amide bonds. The normalized spacial score (nSPS) is 11.1. The topological polar surface area (TPSA) is 72.2 Å². The monoisotopic (exact) mass is 385 g/mol. The van der Waals surface area contributed by atoms with E-state index in [-0.39, 0.29) is 11.9 Å². The Bertz CT molecular complexity index is 1080. The van der Waals surface area contributed by atoms with Crippen LogP contribution in [0, 0.1) is 13.8 Å². The van der Waals surface area contributed by atoms with Gasteiger partial charge >= 0.3 is 0 Å². The lowest BCUT2D eigenvalue weighted by atomic mass is 9.98. The molecule has 1 N–H and O–H groups in total. The molecule has 0 aliphatic heterocycles. The third kappa shape index (κ3) is 4.01. The van der Waals surface area contributed by atoms with E-state index in [1.165, 1.54) is 6.33 Å². The number of nitrogens with one attached hydrogen (secondary N) is 1. The number of fused-ring (bicyclic) bond motifs is 1. The molecule has 0 spiro atoms. The molecule has 6 heteroatoms. The number of aromatic nitrogens is 4. The number of hydrogen-bond donors (Lipinski definition) is 1. The SMILES string of the molecule is Cc1nc2ncnn2c(C)c1CCC(=O)NC(c1ccccc1)c1ccccc1. The largest absolute Gasteiger partial charge is 0.345 e. The van der Waals surface area contributed by atoms with Crippen molar-refractivity contribution in [1.29, 1.82) is 0 Å². The quantitative estimate of drug-likeness (QED) is 0.551. The van der Waals surface area contributed by atoms with Crippen molar-refractivity contribution >= 4 is 11.7 Å². The second kappa shape index (κ2) is 8.22. The Morgan fingerprint density at radius 2 is 1.62 bits per heavy atom. The molecule has 0 saturated carbocycles. The summed E-state index contributed by atoms with van der Waals surface area (Å²) in [4.78, 5) is 21.5. The molecule has 0 saturated heterocycles. The highest BCUT2D eigenvalue weighted by molar-refractivity contribution is 5.77. The Hall–Kier alpha value is -3.54. The first-order valence-electron chi connectivity index (χ1n) is 9.68. The third-order valence-corrected chi connectivity index (χ3v) is 5.16. The molecule has 0 unspecified atom stereocenters. The lowest BCUT2D eigenvalue weighted by Gasteiger charge is -2.20. The van der Waals surface area contributed by atoms with E-state index in [0.717, 1.165) is 28.1 Å². The zero-order valence-electron chi connectivity index (χ0n) is 16.5. The van der Waals surface area contributed by atoms with E-state index in [1.807, 2.05) is 74.5 Å². The predicted octanol–water partition coefficient (Wildman–Crippen LogP) is 3.58. The number of benzene rings is 2. The van der Waals surface area contributed by atoms with Crippen molar-refractivity contribution in [2.45, 2.75) is 32.7 Å². The maximum atomic E-state index is 12.8. The van der Waals surface area contributed by atoms with Crippen LogP contribution in [0.2, 0.25) is 0 Å². The fourth-order valence-corrected chi connectivity index (χ4v) is 3.64. The number of carbonyl (C=O) groups excluding carboxylic acids is 1. The number of amides is 1. The average molecular weight is 385 g/mol. The van der Waals surface area contributed by atoms with Gasteiger partial charge in [0.1, 0.15) is 6.33 Å². The number of aryl methyl sites for hydroxylation is 2. The summed E-state index contributed by atoms with van der Waals surface area (Å²) in [6, 6.07) is 19.9. The lowest BCUT2D eigenvalue weighted by molar-refractivity contribution is -0.121. The van der Waals surface area contributed by atoms with Gasteiger partial charge in [0.15, 0.2) is 0 Å². The van der Waals surface area contributed by atoms with Crippen LogP contribution < -0.4 is 5.32 Å². The van der Waals surface area contributed by atoms with Crippen molar-refractivity contribution in [2.24, 2.45) is 0 Å². The molecule has 0 aliphatic rings. The molecule has 4 aromatic rings. The van der Waals surface area contributed by atoms with E-state index in [9.17, 15) is 4.79 Å². The second-order valence-corrected chi connectivity index (χ2v) is 7.05. The minimum Gasteiger partial charge on any atom is -0.345 e. The van der Waals surface area contributed by atoms with Crippen molar-refractivity contribution in [3.8, 4) is 0 Å². The standard InChI is InChI=1S/C23H23N5O/c1-16-20(17(2)28-23(26-16)24-15-25-28)13-14-21(29)27-22(18-9-5-3-6-10-18)19-11-7-4-8-12-19/h3-12,15,22H,13-14H2,1-2H3,(H,27,29). The van der Waals surface area contributed by atoms with Crippen LogP contribution in [-0.2, 0) is 11.2 Å². The van der Waals surface area contributed by atoms with Crippen LogP contribution in [0.3, 0.4) is 0 Å². The summed E-state index contributed by atoms with van der Waals surface area (Å²) >= 11 is 0. The zero-order chi connectivity index (χ0) is 20.2. The van der Waals surface area contributed by atoms with Gasteiger partial charge in [-0.1, -0.05) is 60.7 Å². The summed E-state index contributed by atoms with van der Waals surface area (Å²) in [5.41, 5.74) is 5.02. The van der Waals surface area contributed by atoms with E-state index >= 15 is 0 Å². The van der Waals surface area contributed by atoms with Crippen molar-refractivity contribution in [3.63, 3.8) is 0 Å². The van der Waals surface area contributed by atoms with Gasteiger partial charge in [0.25, 0.3) is 5.78 Å². The molecule has 6 nitrogen and oxygen atoms in total. The van der Waals surface area contributed by atoms with Gasteiger partial charge in [0.2, 0.25) is 5.91 Å². The van der Waals surface area contributed by atoms with Crippen LogP contribution >= 0.6 is 0 Å². The molecule has 0 bridgehead atoms. The molecule has 2 aromatic carbocycles. The predicted molar refractivity (Wildman–Crippen MR) is 111 cm³/mol. The molecule has 0 aliphatic carbocycles. The Morgan fingerprint density at radius 1 is 1.00 bits per heavy atom. The summed E-state index contributed by atoms with van der Waals surface area (Å²) in [5.74, 6) is 0.585. The maximum Gasteiger partial charge on any atom is 0.252 e. The average Bonchev–Trinajstić information content (AvgIpc) is 3.22. The van der Waals surface area contributed by atoms with Gasteiger partial charge in [-0.05, 0) is 37.0 Å². The van der Waals surface area contributed by atoms with Crippen LogP contribution in [0.25, 0.3) is 5.78 Å². The van der Waals surface area contributed by atoms with Crippen molar-refractivity contribution in [1.82, 2.24) is 24.9 Å². The fourth-order valence-electron chi connectivity index (χ4n) is 3.64. The highest BCUT2D eigenvalue weighted by Crippen LogP contribution is 2.22.